The van der Waals surface area contributed by atoms with Crippen LogP contribution in [0.2, 0.25) is 0 Å². The molecule has 0 aliphatic carbocycles. The molecule has 1 aliphatic rings. The highest BCUT2D eigenvalue weighted by molar-refractivity contribution is 5.39. The molecular formula is C14H22N2O2. The second-order valence-corrected chi connectivity index (χ2v) is 4.78. The summed E-state index contributed by atoms with van der Waals surface area (Å²) in [5.41, 5.74) is 2.10. The molecule has 0 aromatic heterocycles. The predicted octanol–water partition coefficient (Wildman–Crippen LogP) is 0.941. The van der Waals surface area contributed by atoms with Gasteiger partial charge in [-0.05, 0) is 30.9 Å². The van der Waals surface area contributed by atoms with E-state index < -0.39 is 0 Å². The van der Waals surface area contributed by atoms with Crippen molar-refractivity contribution in [1.82, 2.24) is 10.6 Å². The SMILES string of the molecule is OCCCCc1ccc(C2CNCCN2)c(O)c1. The van der Waals surface area contributed by atoms with Gasteiger partial charge in [-0.2, -0.15) is 0 Å². The first-order valence-corrected chi connectivity index (χ1v) is 6.68. The molecule has 4 N–H and O–H groups in total. The number of hydrogen-bond donors (Lipinski definition) is 4. The molecule has 0 spiro atoms. The fourth-order valence-electron chi connectivity index (χ4n) is 2.35. The lowest BCUT2D eigenvalue weighted by Crippen LogP contribution is -2.42. The molecule has 1 aliphatic heterocycles. The molecular weight excluding hydrogens is 228 g/mol. The van der Waals surface area contributed by atoms with E-state index in [1.807, 2.05) is 12.1 Å². The van der Waals surface area contributed by atoms with Gasteiger partial charge in [0.1, 0.15) is 5.75 Å². The molecule has 100 valence electrons. The lowest BCUT2D eigenvalue weighted by atomic mass is 10.00. The Hall–Kier alpha value is -1.10. The topological polar surface area (TPSA) is 64.5 Å². The van der Waals surface area contributed by atoms with Crippen LogP contribution in [0.25, 0.3) is 0 Å². The van der Waals surface area contributed by atoms with Gasteiger partial charge in [0.2, 0.25) is 0 Å². The van der Waals surface area contributed by atoms with E-state index in [0.717, 1.165) is 50.0 Å². The van der Waals surface area contributed by atoms with Gasteiger partial charge in [0.15, 0.2) is 0 Å². The van der Waals surface area contributed by atoms with Crippen molar-refractivity contribution < 1.29 is 10.2 Å². The summed E-state index contributed by atoms with van der Waals surface area (Å²) in [4.78, 5) is 0. The number of phenolic OH excluding ortho intramolecular Hbond substituents is 1. The Bertz CT molecular complexity index is 376. The van der Waals surface area contributed by atoms with E-state index in [1.165, 1.54) is 0 Å². The van der Waals surface area contributed by atoms with Gasteiger partial charge in [-0.25, -0.2) is 0 Å². The Kier molecular flexibility index (Phi) is 4.99. The first-order valence-electron chi connectivity index (χ1n) is 6.68. The number of aromatic hydroxyl groups is 1. The molecule has 1 atom stereocenters. The van der Waals surface area contributed by atoms with Crippen LogP contribution >= 0.6 is 0 Å². The summed E-state index contributed by atoms with van der Waals surface area (Å²) in [6.07, 6.45) is 2.68. The van der Waals surface area contributed by atoms with Crippen LogP contribution in [0.15, 0.2) is 18.2 Å². The second kappa shape index (κ2) is 6.73. The fourth-order valence-corrected chi connectivity index (χ4v) is 2.35. The molecule has 1 fully saturated rings. The average molecular weight is 250 g/mol. The van der Waals surface area contributed by atoms with Crippen LogP contribution in [0.4, 0.5) is 0 Å². The van der Waals surface area contributed by atoms with Gasteiger partial charge in [0.25, 0.3) is 0 Å². The number of aliphatic hydroxyl groups excluding tert-OH is 1. The van der Waals surface area contributed by atoms with E-state index in [2.05, 4.69) is 16.7 Å². The van der Waals surface area contributed by atoms with Gasteiger partial charge in [-0.15, -0.1) is 0 Å². The van der Waals surface area contributed by atoms with E-state index in [9.17, 15) is 5.11 Å². The van der Waals surface area contributed by atoms with Crippen LogP contribution in [0, 0.1) is 0 Å². The van der Waals surface area contributed by atoms with E-state index in [0.29, 0.717) is 5.75 Å². The van der Waals surface area contributed by atoms with Gasteiger partial charge in [-0.1, -0.05) is 12.1 Å². The predicted molar refractivity (Wildman–Crippen MR) is 71.7 cm³/mol. The Morgan fingerprint density at radius 3 is 2.78 bits per heavy atom. The number of unbranched alkanes of at least 4 members (excludes halogenated alkanes) is 1. The molecule has 0 amide bonds. The van der Waals surface area contributed by atoms with Crippen LogP contribution in [0.1, 0.15) is 30.0 Å². The van der Waals surface area contributed by atoms with Gasteiger partial charge in [0.05, 0.1) is 0 Å². The molecule has 4 heteroatoms. The number of benzene rings is 1. The van der Waals surface area contributed by atoms with Crippen molar-refractivity contribution in [2.24, 2.45) is 0 Å². The quantitative estimate of drug-likeness (QED) is 0.587. The summed E-state index contributed by atoms with van der Waals surface area (Å²) in [5, 5.41) is 25.5. The van der Waals surface area contributed by atoms with E-state index in [1.54, 1.807) is 0 Å². The van der Waals surface area contributed by atoms with Gasteiger partial charge < -0.3 is 20.8 Å². The highest BCUT2D eigenvalue weighted by Gasteiger charge is 2.17. The fraction of sp³-hybridized carbons (Fsp3) is 0.571. The molecule has 1 saturated heterocycles. The van der Waals surface area contributed by atoms with Gasteiger partial charge in [-0.3, -0.25) is 0 Å². The van der Waals surface area contributed by atoms with Crippen LogP contribution in [0.3, 0.4) is 0 Å². The van der Waals surface area contributed by atoms with Crippen molar-refractivity contribution in [2.75, 3.05) is 26.2 Å². The highest BCUT2D eigenvalue weighted by Crippen LogP contribution is 2.26. The number of hydrogen-bond acceptors (Lipinski definition) is 4. The Morgan fingerprint density at radius 1 is 1.22 bits per heavy atom. The number of rotatable bonds is 5. The van der Waals surface area contributed by atoms with Crippen molar-refractivity contribution in [2.45, 2.75) is 25.3 Å². The molecule has 2 rings (SSSR count). The minimum Gasteiger partial charge on any atom is -0.508 e. The first-order chi connectivity index (χ1) is 8.81. The largest absolute Gasteiger partial charge is 0.508 e. The molecule has 1 heterocycles. The van der Waals surface area contributed by atoms with Crippen molar-refractivity contribution in [3.8, 4) is 5.75 Å². The molecule has 1 unspecified atom stereocenters. The average Bonchev–Trinajstić information content (AvgIpc) is 2.40. The highest BCUT2D eigenvalue weighted by atomic mass is 16.3. The van der Waals surface area contributed by atoms with Crippen LogP contribution in [0.5, 0.6) is 5.75 Å². The minimum absolute atomic E-state index is 0.199. The van der Waals surface area contributed by atoms with Crippen LogP contribution in [-0.2, 0) is 6.42 Å². The lowest BCUT2D eigenvalue weighted by molar-refractivity contribution is 0.284. The third-order valence-electron chi connectivity index (χ3n) is 3.38. The zero-order valence-corrected chi connectivity index (χ0v) is 10.7. The van der Waals surface area contributed by atoms with Crippen molar-refractivity contribution in [1.29, 1.82) is 0 Å². The molecule has 4 nitrogen and oxygen atoms in total. The number of aryl methyl sites for hydroxylation is 1. The van der Waals surface area contributed by atoms with Crippen molar-refractivity contribution >= 4 is 0 Å². The third kappa shape index (κ3) is 3.45. The van der Waals surface area contributed by atoms with E-state index >= 15 is 0 Å². The summed E-state index contributed by atoms with van der Waals surface area (Å²) in [6, 6.07) is 6.13. The molecule has 0 bridgehead atoms. The second-order valence-electron chi connectivity index (χ2n) is 4.78. The zero-order chi connectivity index (χ0) is 12.8. The summed E-state index contributed by atoms with van der Waals surface area (Å²) in [6.45, 7) is 3.01. The molecule has 1 aromatic carbocycles. The van der Waals surface area contributed by atoms with Gasteiger partial charge in [0, 0.05) is 37.8 Å². The van der Waals surface area contributed by atoms with Crippen LogP contribution < -0.4 is 10.6 Å². The summed E-state index contributed by atoms with van der Waals surface area (Å²) >= 11 is 0. The number of aliphatic hydroxyl groups is 1. The molecule has 18 heavy (non-hydrogen) atoms. The normalized spacial score (nSPS) is 19.9. The maximum atomic E-state index is 10.1. The lowest BCUT2D eigenvalue weighted by Gasteiger charge is -2.25. The smallest absolute Gasteiger partial charge is 0.120 e. The maximum Gasteiger partial charge on any atom is 0.120 e. The third-order valence-corrected chi connectivity index (χ3v) is 3.38. The Morgan fingerprint density at radius 2 is 2.11 bits per heavy atom. The Balaban J connectivity index is 2.00. The first kappa shape index (κ1) is 13.3. The van der Waals surface area contributed by atoms with E-state index in [-0.39, 0.29) is 12.6 Å². The van der Waals surface area contributed by atoms with E-state index in [4.69, 9.17) is 5.11 Å². The Labute approximate surface area is 108 Å². The summed E-state index contributed by atoms with van der Waals surface area (Å²) in [5.74, 6) is 0.373. The minimum atomic E-state index is 0.199. The maximum absolute atomic E-state index is 10.1. The number of phenols is 1. The zero-order valence-electron chi connectivity index (χ0n) is 10.7. The monoisotopic (exact) mass is 250 g/mol. The number of nitrogens with one attached hydrogen (secondary N) is 2. The molecule has 1 aromatic rings. The molecule has 0 radical (unpaired) electrons. The summed E-state index contributed by atoms with van der Waals surface area (Å²) in [7, 11) is 0. The molecule has 0 saturated carbocycles. The van der Waals surface area contributed by atoms with Gasteiger partial charge >= 0.3 is 0 Å². The summed E-state index contributed by atoms with van der Waals surface area (Å²) < 4.78 is 0. The number of piperazine rings is 1. The standard InChI is InChI=1S/C14H22N2O2/c17-8-2-1-3-11-4-5-12(14(18)9-11)13-10-15-6-7-16-13/h4-5,9,13,15-18H,1-3,6-8,10H2. The van der Waals surface area contributed by atoms with Crippen LogP contribution in [-0.4, -0.2) is 36.5 Å². The van der Waals surface area contributed by atoms with Crippen molar-refractivity contribution in [3.05, 3.63) is 29.3 Å². The van der Waals surface area contributed by atoms with Crippen molar-refractivity contribution in [3.63, 3.8) is 0 Å².